The molecule has 0 aromatic heterocycles. The molecule has 0 heterocycles. The molecule has 0 aliphatic carbocycles. The topological polar surface area (TPSA) is 38.3 Å². The highest BCUT2D eigenvalue weighted by Crippen LogP contribution is 2.16. The molecule has 0 saturated carbocycles. The van der Waals surface area contributed by atoms with Crippen molar-refractivity contribution in [2.45, 2.75) is 20.3 Å². The van der Waals surface area contributed by atoms with E-state index in [1.54, 1.807) is 0 Å². The van der Waals surface area contributed by atoms with Crippen molar-refractivity contribution in [3.63, 3.8) is 0 Å². The normalized spacial score (nSPS) is 10.4. The van der Waals surface area contributed by atoms with Crippen LogP contribution in [0.3, 0.4) is 0 Å². The molecule has 3 nitrogen and oxygen atoms in total. The monoisotopic (exact) mass is 283 g/mol. The summed E-state index contributed by atoms with van der Waals surface area (Å²) < 4.78 is 5.61. The van der Waals surface area contributed by atoms with E-state index in [9.17, 15) is 4.79 Å². The van der Waals surface area contributed by atoms with Gasteiger partial charge < -0.3 is 10.1 Å². The van der Waals surface area contributed by atoms with Gasteiger partial charge >= 0.3 is 0 Å². The van der Waals surface area contributed by atoms with Gasteiger partial charge in [-0.1, -0.05) is 44.2 Å². The highest BCUT2D eigenvalue weighted by atomic mass is 16.5. The van der Waals surface area contributed by atoms with E-state index in [1.807, 2.05) is 54.6 Å². The second kappa shape index (κ2) is 7.48. The molecule has 3 heteroatoms. The maximum absolute atomic E-state index is 11.9. The van der Waals surface area contributed by atoms with E-state index in [-0.39, 0.29) is 5.91 Å². The van der Waals surface area contributed by atoms with E-state index >= 15 is 0 Å². The summed E-state index contributed by atoms with van der Waals surface area (Å²) in [6.07, 6.45) is 0.381. The van der Waals surface area contributed by atoms with E-state index < -0.39 is 0 Å². The Morgan fingerprint density at radius 1 is 1.05 bits per heavy atom. The minimum Gasteiger partial charge on any atom is -0.493 e. The number of carbonyl (C=O) groups excluding carboxylic acids is 1. The Balaban J connectivity index is 1.86. The smallest absolute Gasteiger partial charge is 0.228 e. The highest BCUT2D eigenvalue weighted by Gasteiger charge is 2.04. The van der Waals surface area contributed by atoms with Gasteiger partial charge in [0.2, 0.25) is 5.91 Å². The Kier molecular flexibility index (Phi) is 5.38. The minimum atomic E-state index is -0.0166. The molecule has 0 spiro atoms. The summed E-state index contributed by atoms with van der Waals surface area (Å²) in [6.45, 7) is 4.91. The van der Waals surface area contributed by atoms with Crippen molar-refractivity contribution < 1.29 is 9.53 Å². The van der Waals surface area contributed by atoms with Crippen LogP contribution in [0.1, 0.15) is 19.4 Å². The summed E-state index contributed by atoms with van der Waals surface area (Å²) in [4.78, 5) is 11.9. The summed E-state index contributed by atoms with van der Waals surface area (Å²) >= 11 is 0. The van der Waals surface area contributed by atoms with Crippen molar-refractivity contribution in [1.82, 2.24) is 0 Å². The molecule has 0 saturated heterocycles. The van der Waals surface area contributed by atoms with Crippen LogP contribution in [0, 0.1) is 5.92 Å². The van der Waals surface area contributed by atoms with E-state index in [1.165, 1.54) is 0 Å². The lowest BCUT2D eigenvalue weighted by Gasteiger charge is -2.10. The van der Waals surface area contributed by atoms with Gasteiger partial charge in [-0.05, 0) is 35.7 Å². The molecule has 2 rings (SSSR count). The predicted molar refractivity (Wildman–Crippen MR) is 85.6 cm³/mol. The number of benzene rings is 2. The lowest BCUT2D eigenvalue weighted by atomic mass is 10.1. The molecular formula is C18H21NO2. The summed E-state index contributed by atoms with van der Waals surface area (Å²) in [5.74, 6) is 1.30. The molecule has 1 N–H and O–H groups in total. The van der Waals surface area contributed by atoms with Crippen LogP contribution in [0.5, 0.6) is 5.75 Å². The molecule has 2 aromatic rings. The van der Waals surface area contributed by atoms with Crippen LogP contribution < -0.4 is 10.1 Å². The van der Waals surface area contributed by atoms with Crippen molar-refractivity contribution in [2.24, 2.45) is 5.92 Å². The number of rotatable bonds is 6. The molecule has 2 aromatic carbocycles. The van der Waals surface area contributed by atoms with Crippen LogP contribution in [-0.2, 0) is 11.2 Å². The Morgan fingerprint density at radius 2 is 1.71 bits per heavy atom. The van der Waals surface area contributed by atoms with Gasteiger partial charge in [0, 0.05) is 5.69 Å². The summed E-state index contributed by atoms with van der Waals surface area (Å²) in [6, 6.07) is 17.2. The summed E-state index contributed by atoms with van der Waals surface area (Å²) in [7, 11) is 0. The first-order valence-electron chi connectivity index (χ1n) is 7.20. The van der Waals surface area contributed by atoms with Crippen molar-refractivity contribution >= 4 is 11.6 Å². The second-order valence-corrected chi connectivity index (χ2v) is 5.44. The van der Waals surface area contributed by atoms with Gasteiger partial charge in [-0.15, -0.1) is 0 Å². The fraction of sp³-hybridized carbons (Fsp3) is 0.278. The minimum absolute atomic E-state index is 0.0166. The summed E-state index contributed by atoms with van der Waals surface area (Å²) in [5.41, 5.74) is 1.79. The zero-order valence-electron chi connectivity index (χ0n) is 12.5. The SMILES string of the molecule is CC(C)COc1ccc(NC(=O)Cc2ccccc2)cc1. The zero-order chi connectivity index (χ0) is 15.1. The number of amides is 1. The van der Waals surface area contributed by atoms with Gasteiger partial charge in [0.25, 0.3) is 0 Å². The zero-order valence-corrected chi connectivity index (χ0v) is 12.5. The van der Waals surface area contributed by atoms with Crippen LogP contribution in [0.2, 0.25) is 0 Å². The van der Waals surface area contributed by atoms with Gasteiger partial charge in [-0.2, -0.15) is 0 Å². The van der Waals surface area contributed by atoms with Crippen LogP contribution >= 0.6 is 0 Å². The molecule has 0 atom stereocenters. The lowest BCUT2D eigenvalue weighted by Crippen LogP contribution is -2.14. The molecule has 21 heavy (non-hydrogen) atoms. The second-order valence-electron chi connectivity index (χ2n) is 5.44. The number of nitrogens with one attached hydrogen (secondary N) is 1. The van der Waals surface area contributed by atoms with Gasteiger partial charge in [0.15, 0.2) is 0 Å². The number of hydrogen-bond donors (Lipinski definition) is 1. The van der Waals surface area contributed by atoms with Gasteiger partial charge in [0.1, 0.15) is 5.75 Å². The van der Waals surface area contributed by atoms with E-state index in [0.717, 1.165) is 17.0 Å². The van der Waals surface area contributed by atoms with Crippen molar-refractivity contribution in [1.29, 1.82) is 0 Å². The largest absolute Gasteiger partial charge is 0.493 e. The third-order valence-corrected chi connectivity index (χ3v) is 2.93. The molecule has 0 aliphatic rings. The molecule has 0 radical (unpaired) electrons. The van der Waals surface area contributed by atoms with Crippen LogP contribution in [0.4, 0.5) is 5.69 Å². The quantitative estimate of drug-likeness (QED) is 0.873. The first-order chi connectivity index (χ1) is 10.1. The number of ether oxygens (including phenoxy) is 1. The van der Waals surface area contributed by atoms with E-state index in [0.29, 0.717) is 18.9 Å². The lowest BCUT2D eigenvalue weighted by molar-refractivity contribution is -0.115. The third kappa shape index (κ3) is 5.30. The van der Waals surface area contributed by atoms with Crippen LogP contribution in [-0.4, -0.2) is 12.5 Å². The molecule has 0 unspecified atom stereocenters. The van der Waals surface area contributed by atoms with E-state index in [4.69, 9.17) is 4.74 Å². The first kappa shape index (κ1) is 15.1. The van der Waals surface area contributed by atoms with Crippen LogP contribution in [0.15, 0.2) is 54.6 Å². The Bertz CT molecular complexity index is 562. The molecular weight excluding hydrogens is 262 g/mol. The average molecular weight is 283 g/mol. The van der Waals surface area contributed by atoms with Crippen molar-refractivity contribution in [3.05, 3.63) is 60.2 Å². The Labute approximate surface area is 126 Å². The molecule has 110 valence electrons. The maximum atomic E-state index is 11.9. The molecule has 0 aliphatic heterocycles. The number of anilines is 1. The standard InChI is InChI=1S/C18H21NO2/c1-14(2)13-21-17-10-8-16(9-11-17)19-18(20)12-15-6-4-3-5-7-15/h3-11,14H,12-13H2,1-2H3,(H,19,20). The van der Waals surface area contributed by atoms with Gasteiger partial charge in [-0.3, -0.25) is 4.79 Å². The predicted octanol–water partition coefficient (Wildman–Crippen LogP) is 3.90. The van der Waals surface area contributed by atoms with Gasteiger partial charge in [-0.25, -0.2) is 0 Å². The van der Waals surface area contributed by atoms with Crippen LogP contribution in [0.25, 0.3) is 0 Å². The Hall–Kier alpha value is -2.29. The highest BCUT2D eigenvalue weighted by molar-refractivity contribution is 5.92. The van der Waals surface area contributed by atoms with Gasteiger partial charge in [0.05, 0.1) is 13.0 Å². The number of hydrogen-bond acceptors (Lipinski definition) is 2. The fourth-order valence-corrected chi connectivity index (χ4v) is 1.88. The molecule has 0 bridgehead atoms. The summed E-state index contributed by atoms with van der Waals surface area (Å²) in [5, 5.41) is 2.89. The van der Waals surface area contributed by atoms with Crippen molar-refractivity contribution in [2.75, 3.05) is 11.9 Å². The average Bonchev–Trinajstić information content (AvgIpc) is 2.47. The first-order valence-corrected chi connectivity index (χ1v) is 7.20. The molecule has 1 amide bonds. The maximum Gasteiger partial charge on any atom is 0.228 e. The third-order valence-electron chi connectivity index (χ3n) is 2.93. The van der Waals surface area contributed by atoms with E-state index in [2.05, 4.69) is 19.2 Å². The molecule has 0 fully saturated rings. The van der Waals surface area contributed by atoms with Crippen molar-refractivity contribution in [3.8, 4) is 5.75 Å². The Morgan fingerprint density at radius 3 is 2.33 bits per heavy atom. The fourth-order valence-electron chi connectivity index (χ4n) is 1.88. The number of carbonyl (C=O) groups is 1.